The van der Waals surface area contributed by atoms with Gasteiger partial charge in [0.05, 0.1) is 13.0 Å². The van der Waals surface area contributed by atoms with Crippen molar-refractivity contribution in [1.82, 2.24) is 9.80 Å². The standard InChI is InChI=1S/C15H22N2O3/c1-12-2-3-13(10-14(12)19)11-15(20)17-6-4-16(5-7-17)8-9-18/h2-3,10,18-19H,4-9,11H2,1H3. The molecule has 110 valence electrons. The fraction of sp³-hybridized carbons (Fsp3) is 0.533. The zero-order valence-electron chi connectivity index (χ0n) is 11.9. The lowest BCUT2D eigenvalue weighted by atomic mass is 10.1. The molecule has 0 aromatic heterocycles. The van der Waals surface area contributed by atoms with E-state index in [1.54, 1.807) is 6.07 Å². The van der Waals surface area contributed by atoms with Crippen LogP contribution in [0.15, 0.2) is 18.2 Å². The highest BCUT2D eigenvalue weighted by atomic mass is 16.3. The Labute approximate surface area is 119 Å². The summed E-state index contributed by atoms with van der Waals surface area (Å²) in [6.07, 6.45) is 0.327. The van der Waals surface area contributed by atoms with E-state index in [0.717, 1.165) is 24.2 Å². The number of aliphatic hydroxyl groups is 1. The van der Waals surface area contributed by atoms with Gasteiger partial charge < -0.3 is 15.1 Å². The normalized spacial score (nSPS) is 16.4. The molecule has 1 aliphatic rings. The average Bonchev–Trinajstić information content (AvgIpc) is 2.44. The fourth-order valence-electron chi connectivity index (χ4n) is 2.41. The molecule has 0 bridgehead atoms. The minimum Gasteiger partial charge on any atom is -0.508 e. The van der Waals surface area contributed by atoms with Crippen molar-refractivity contribution in [2.45, 2.75) is 13.3 Å². The maximum Gasteiger partial charge on any atom is 0.227 e. The van der Waals surface area contributed by atoms with E-state index in [-0.39, 0.29) is 18.3 Å². The molecule has 2 rings (SSSR count). The minimum absolute atomic E-state index is 0.0944. The summed E-state index contributed by atoms with van der Waals surface area (Å²) in [6.45, 7) is 5.70. The zero-order chi connectivity index (χ0) is 14.5. The van der Waals surface area contributed by atoms with Gasteiger partial charge in [-0.25, -0.2) is 0 Å². The number of rotatable bonds is 4. The van der Waals surface area contributed by atoms with Gasteiger partial charge in [0.1, 0.15) is 5.75 Å². The Hall–Kier alpha value is -1.59. The third-order valence-electron chi connectivity index (χ3n) is 3.77. The van der Waals surface area contributed by atoms with Crippen molar-refractivity contribution in [2.24, 2.45) is 0 Å². The average molecular weight is 278 g/mol. The summed E-state index contributed by atoms with van der Waals surface area (Å²) in [6, 6.07) is 5.38. The van der Waals surface area contributed by atoms with Crippen LogP contribution in [0, 0.1) is 6.92 Å². The van der Waals surface area contributed by atoms with Crippen LogP contribution in [0.25, 0.3) is 0 Å². The van der Waals surface area contributed by atoms with Crippen molar-refractivity contribution < 1.29 is 15.0 Å². The summed E-state index contributed by atoms with van der Waals surface area (Å²) in [7, 11) is 0. The first kappa shape index (κ1) is 14.8. The zero-order valence-corrected chi connectivity index (χ0v) is 11.9. The van der Waals surface area contributed by atoms with Gasteiger partial charge in [0.25, 0.3) is 0 Å². The summed E-state index contributed by atoms with van der Waals surface area (Å²) in [5, 5.41) is 18.6. The molecular weight excluding hydrogens is 256 g/mol. The lowest BCUT2D eigenvalue weighted by molar-refractivity contribution is -0.132. The van der Waals surface area contributed by atoms with Crippen molar-refractivity contribution in [1.29, 1.82) is 0 Å². The van der Waals surface area contributed by atoms with E-state index >= 15 is 0 Å². The second-order valence-electron chi connectivity index (χ2n) is 5.24. The van der Waals surface area contributed by atoms with Crippen LogP contribution in [-0.2, 0) is 11.2 Å². The van der Waals surface area contributed by atoms with E-state index < -0.39 is 0 Å². The Kier molecular flexibility index (Phi) is 4.98. The van der Waals surface area contributed by atoms with Crippen molar-refractivity contribution in [3.63, 3.8) is 0 Å². The molecule has 1 heterocycles. The monoisotopic (exact) mass is 278 g/mol. The second kappa shape index (κ2) is 6.72. The molecular formula is C15H22N2O3. The predicted molar refractivity (Wildman–Crippen MR) is 76.7 cm³/mol. The van der Waals surface area contributed by atoms with Gasteiger partial charge in [-0.2, -0.15) is 0 Å². The number of aryl methyl sites for hydroxylation is 1. The quantitative estimate of drug-likeness (QED) is 0.836. The molecule has 0 aliphatic carbocycles. The molecule has 1 saturated heterocycles. The smallest absolute Gasteiger partial charge is 0.227 e. The highest BCUT2D eigenvalue weighted by Gasteiger charge is 2.20. The molecule has 1 aromatic carbocycles. The Morgan fingerprint density at radius 3 is 2.55 bits per heavy atom. The summed E-state index contributed by atoms with van der Waals surface area (Å²) in [4.78, 5) is 16.2. The molecule has 0 spiro atoms. The predicted octanol–water partition coefficient (Wildman–Crippen LogP) is 0.380. The molecule has 1 aliphatic heterocycles. The molecule has 0 atom stereocenters. The number of hydrogen-bond acceptors (Lipinski definition) is 4. The topological polar surface area (TPSA) is 64.0 Å². The first-order valence-electron chi connectivity index (χ1n) is 6.99. The van der Waals surface area contributed by atoms with Gasteiger partial charge in [-0.1, -0.05) is 12.1 Å². The lowest BCUT2D eigenvalue weighted by Crippen LogP contribution is -2.49. The number of aliphatic hydroxyl groups excluding tert-OH is 1. The van der Waals surface area contributed by atoms with E-state index in [9.17, 15) is 9.90 Å². The number of aromatic hydroxyl groups is 1. The number of β-amino-alcohol motifs (C(OH)–C–C–N with tert-alkyl or cyclic N) is 1. The van der Waals surface area contributed by atoms with Gasteiger partial charge in [0.2, 0.25) is 5.91 Å². The molecule has 1 fully saturated rings. The number of piperazine rings is 1. The van der Waals surface area contributed by atoms with Gasteiger partial charge in [-0.15, -0.1) is 0 Å². The molecule has 0 saturated carbocycles. The van der Waals surface area contributed by atoms with Crippen molar-refractivity contribution >= 4 is 5.91 Å². The summed E-state index contributed by atoms with van der Waals surface area (Å²) in [5.41, 5.74) is 1.66. The molecule has 5 heteroatoms. The molecule has 0 radical (unpaired) electrons. The van der Waals surface area contributed by atoms with E-state index in [1.165, 1.54) is 0 Å². The summed E-state index contributed by atoms with van der Waals surface area (Å²) >= 11 is 0. The van der Waals surface area contributed by atoms with E-state index in [0.29, 0.717) is 26.1 Å². The van der Waals surface area contributed by atoms with Gasteiger partial charge in [-0.05, 0) is 24.1 Å². The number of benzene rings is 1. The third kappa shape index (κ3) is 3.71. The van der Waals surface area contributed by atoms with Crippen LogP contribution in [0.4, 0.5) is 0 Å². The van der Waals surface area contributed by atoms with E-state index in [1.807, 2.05) is 24.0 Å². The Balaban J connectivity index is 1.88. The van der Waals surface area contributed by atoms with Crippen LogP contribution < -0.4 is 0 Å². The Bertz CT molecular complexity index is 468. The number of hydrogen-bond donors (Lipinski definition) is 2. The molecule has 1 aromatic rings. The maximum atomic E-state index is 12.2. The number of phenolic OH excluding ortho intramolecular Hbond substituents is 1. The van der Waals surface area contributed by atoms with Crippen LogP contribution in [0.3, 0.4) is 0 Å². The van der Waals surface area contributed by atoms with E-state index in [2.05, 4.69) is 4.90 Å². The fourth-order valence-corrected chi connectivity index (χ4v) is 2.41. The van der Waals surface area contributed by atoms with Crippen LogP contribution in [-0.4, -0.2) is 65.3 Å². The largest absolute Gasteiger partial charge is 0.508 e. The van der Waals surface area contributed by atoms with Crippen molar-refractivity contribution in [3.05, 3.63) is 29.3 Å². The molecule has 2 N–H and O–H groups in total. The van der Waals surface area contributed by atoms with E-state index in [4.69, 9.17) is 5.11 Å². The summed E-state index contributed by atoms with van der Waals surface area (Å²) < 4.78 is 0. The first-order valence-corrected chi connectivity index (χ1v) is 6.99. The third-order valence-corrected chi connectivity index (χ3v) is 3.77. The van der Waals surface area contributed by atoms with Gasteiger partial charge >= 0.3 is 0 Å². The van der Waals surface area contributed by atoms with Crippen molar-refractivity contribution in [3.8, 4) is 5.75 Å². The molecule has 1 amide bonds. The van der Waals surface area contributed by atoms with Crippen LogP contribution in [0.2, 0.25) is 0 Å². The van der Waals surface area contributed by atoms with Crippen molar-refractivity contribution in [2.75, 3.05) is 39.3 Å². The maximum absolute atomic E-state index is 12.2. The highest BCUT2D eigenvalue weighted by molar-refractivity contribution is 5.79. The highest BCUT2D eigenvalue weighted by Crippen LogP contribution is 2.18. The van der Waals surface area contributed by atoms with Gasteiger partial charge in [0.15, 0.2) is 0 Å². The number of phenols is 1. The molecule has 20 heavy (non-hydrogen) atoms. The SMILES string of the molecule is Cc1ccc(CC(=O)N2CCN(CCO)CC2)cc1O. The minimum atomic E-state index is 0.0944. The first-order chi connectivity index (χ1) is 9.60. The van der Waals surface area contributed by atoms with Crippen LogP contribution in [0.1, 0.15) is 11.1 Å². The number of carbonyl (C=O) groups is 1. The van der Waals surface area contributed by atoms with Crippen LogP contribution in [0.5, 0.6) is 5.75 Å². The Morgan fingerprint density at radius 2 is 1.95 bits per heavy atom. The van der Waals surface area contributed by atoms with Gasteiger partial charge in [-0.3, -0.25) is 9.69 Å². The number of nitrogens with zero attached hydrogens (tertiary/aromatic N) is 2. The number of carbonyl (C=O) groups excluding carboxylic acids is 1. The molecule has 5 nitrogen and oxygen atoms in total. The number of amides is 1. The van der Waals surface area contributed by atoms with Crippen LogP contribution >= 0.6 is 0 Å². The second-order valence-corrected chi connectivity index (χ2v) is 5.24. The summed E-state index contributed by atoms with van der Waals surface area (Å²) in [5.74, 6) is 0.333. The molecule has 0 unspecified atom stereocenters. The van der Waals surface area contributed by atoms with Gasteiger partial charge in [0, 0.05) is 32.7 Å². The lowest BCUT2D eigenvalue weighted by Gasteiger charge is -2.34. The Morgan fingerprint density at radius 1 is 1.25 bits per heavy atom.